The van der Waals surface area contributed by atoms with Crippen LogP contribution >= 0.6 is 0 Å². The lowest BCUT2D eigenvalue weighted by molar-refractivity contribution is -0.161. The Kier molecular flexibility index (Phi) is 4.37. The Morgan fingerprint density at radius 1 is 1.35 bits per heavy atom. The van der Waals surface area contributed by atoms with Crippen molar-refractivity contribution in [1.82, 2.24) is 10.2 Å². The van der Waals surface area contributed by atoms with Crippen molar-refractivity contribution >= 4 is 11.8 Å². The first-order chi connectivity index (χ1) is 9.41. The van der Waals surface area contributed by atoms with Crippen LogP contribution in [0.25, 0.3) is 0 Å². The summed E-state index contributed by atoms with van der Waals surface area (Å²) in [6.07, 6.45) is 4.70. The molecule has 0 aromatic heterocycles. The van der Waals surface area contributed by atoms with E-state index in [-0.39, 0.29) is 30.0 Å². The third-order valence-corrected chi connectivity index (χ3v) is 4.70. The Bertz CT molecular complexity index is 395. The van der Waals surface area contributed by atoms with Gasteiger partial charge in [0.25, 0.3) is 0 Å². The molecule has 114 valence electrons. The highest BCUT2D eigenvalue weighted by atomic mass is 16.5. The summed E-state index contributed by atoms with van der Waals surface area (Å²) in [4.78, 5) is 26.8. The van der Waals surface area contributed by atoms with Crippen molar-refractivity contribution in [1.29, 1.82) is 0 Å². The summed E-state index contributed by atoms with van der Waals surface area (Å²) in [6.45, 7) is 5.60. The average molecular weight is 282 g/mol. The fourth-order valence-electron chi connectivity index (χ4n) is 3.43. The van der Waals surface area contributed by atoms with Gasteiger partial charge >= 0.3 is 0 Å². The standard InChI is InChI=1S/C15H26N2O3/c1-5-12-13(18)17(15(2,3)14(19)16-12)10-7-6-8-11(9-10)20-4/h10-12H,5-9H2,1-4H3,(H,16,19). The topological polar surface area (TPSA) is 58.6 Å². The van der Waals surface area contributed by atoms with Gasteiger partial charge in [-0.25, -0.2) is 0 Å². The predicted octanol–water partition coefficient (Wildman–Crippen LogP) is 1.46. The monoisotopic (exact) mass is 282 g/mol. The van der Waals surface area contributed by atoms with Crippen LogP contribution in [0.2, 0.25) is 0 Å². The van der Waals surface area contributed by atoms with Gasteiger partial charge in [-0.2, -0.15) is 0 Å². The van der Waals surface area contributed by atoms with Crippen molar-refractivity contribution in [2.45, 2.75) is 76.6 Å². The Labute approximate surface area is 121 Å². The summed E-state index contributed by atoms with van der Waals surface area (Å²) in [6, 6.07) is -0.269. The van der Waals surface area contributed by atoms with Gasteiger partial charge in [0.15, 0.2) is 0 Å². The summed E-state index contributed by atoms with van der Waals surface area (Å²) >= 11 is 0. The zero-order valence-electron chi connectivity index (χ0n) is 12.9. The first-order valence-corrected chi connectivity index (χ1v) is 7.58. The van der Waals surface area contributed by atoms with Gasteiger partial charge in [0.1, 0.15) is 11.6 Å². The van der Waals surface area contributed by atoms with Crippen LogP contribution in [-0.2, 0) is 14.3 Å². The van der Waals surface area contributed by atoms with Crippen LogP contribution < -0.4 is 5.32 Å². The Hall–Kier alpha value is -1.10. The number of carbonyl (C=O) groups excluding carboxylic acids is 2. The highest BCUT2D eigenvalue weighted by Gasteiger charge is 2.49. The molecule has 0 bridgehead atoms. The lowest BCUT2D eigenvalue weighted by Gasteiger charge is -2.49. The smallest absolute Gasteiger partial charge is 0.246 e. The van der Waals surface area contributed by atoms with E-state index in [9.17, 15) is 9.59 Å². The molecule has 3 atom stereocenters. The van der Waals surface area contributed by atoms with Gasteiger partial charge in [-0.3, -0.25) is 9.59 Å². The second kappa shape index (κ2) is 5.72. The van der Waals surface area contributed by atoms with E-state index in [0.29, 0.717) is 6.42 Å². The van der Waals surface area contributed by atoms with Crippen molar-refractivity contribution < 1.29 is 14.3 Å². The number of amides is 2. The second-order valence-electron chi connectivity index (χ2n) is 6.38. The fraction of sp³-hybridized carbons (Fsp3) is 0.867. The first kappa shape index (κ1) is 15.3. The van der Waals surface area contributed by atoms with E-state index in [1.54, 1.807) is 7.11 Å². The van der Waals surface area contributed by atoms with Crippen molar-refractivity contribution in [3.05, 3.63) is 0 Å². The molecule has 1 saturated heterocycles. The molecule has 0 spiro atoms. The van der Waals surface area contributed by atoms with E-state index in [1.807, 2.05) is 25.7 Å². The van der Waals surface area contributed by atoms with Gasteiger partial charge in [-0.15, -0.1) is 0 Å². The van der Waals surface area contributed by atoms with Crippen LogP contribution in [0.3, 0.4) is 0 Å². The number of piperazine rings is 1. The van der Waals surface area contributed by atoms with E-state index in [1.165, 1.54) is 0 Å². The number of methoxy groups -OCH3 is 1. The van der Waals surface area contributed by atoms with E-state index >= 15 is 0 Å². The highest BCUT2D eigenvalue weighted by molar-refractivity contribution is 5.99. The van der Waals surface area contributed by atoms with Gasteiger partial charge in [-0.05, 0) is 46.0 Å². The molecule has 5 heteroatoms. The van der Waals surface area contributed by atoms with Gasteiger partial charge in [0, 0.05) is 13.2 Å². The number of ether oxygens (including phenoxy) is 1. The molecular formula is C15H26N2O3. The fourth-order valence-corrected chi connectivity index (χ4v) is 3.43. The highest BCUT2D eigenvalue weighted by Crippen LogP contribution is 2.32. The number of hydrogen-bond acceptors (Lipinski definition) is 3. The van der Waals surface area contributed by atoms with E-state index in [0.717, 1.165) is 25.7 Å². The normalized spacial score (nSPS) is 34.0. The number of nitrogens with zero attached hydrogens (tertiary/aromatic N) is 1. The molecule has 0 aromatic carbocycles. The minimum absolute atomic E-state index is 0.0523. The lowest BCUT2D eigenvalue weighted by Crippen LogP contribution is -2.70. The van der Waals surface area contributed by atoms with Crippen molar-refractivity contribution in [2.75, 3.05) is 7.11 Å². The van der Waals surface area contributed by atoms with E-state index < -0.39 is 5.54 Å². The third-order valence-electron chi connectivity index (χ3n) is 4.70. The maximum atomic E-state index is 12.7. The zero-order chi connectivity index (χ0) is 14.9. The number of nitrogens with one attached hydrogen (secondary N) is 1. The molecular weight excluding hydrogens is 256 g/mol. The predicted molar refractivity (Wildman–Crippen MR) is 76.2 cm³/mol. The summed E-state index contributed by atoms with van der Waals surface area (Å²) in [5.41, 5.74) is -0.775. The van der Waals surface area contributed by atoms with Crippen LogP contribution in [-0.4, -0.2) is 47.6 Å². The molecule has 1 saturated carbocycles. The minimum Gasteiger partial charge on any atom is -0.381 e. The van der Waals surface area contributed by atoms with Crippen LogP contribution in [0.15, 0.2) is 0 Å². The molecule has 2 amide bonds. The lowest BCUT2D eigenvalue weighted by atomic mass is 9.85. The van der Waals surface area contributed by atoms with Crippen molar-refractivity contribution in [2.24, 2.45) is 0 Å². The molecule has 1 heterocycles. The molecule has 20 heavy (non-hydrogen) atoms. The van der Waals surface area contributed by atoms with E-state index in [4.69, 9.17) is 4.74 Å². The molecule has 1 aliphatic heterocycles. The average Bonchev–Trinajstić information content (AvgIpc) is 2.43. The molecule has 3 unspecified atom stereocenters. The molecule has 2 rings (SSSR count). The molecule has 0 aromatic rings. The minimum atomic E-state index is -0.775. The summed E-state index contributed by atoms with van der Waals surface area (Å²) in [5, 5.41) is 2.84. The van der Waals surface area contributed by atoms with Gasteiger partial charge in [0.05, 0.1) is 6.10 Å². The summed E-state index contributed by atoms with van der Waals surface area (Å²) in [5.74, 6) is 0.00217. The molecule has 1 aliphatic carbocycles. The number of carbonyl (C=O) groups is 2. The first-order valence-electron chi connectivity index (χ1n) is 7.58. The van der Waals surface area contributed by atoms with Crippen LogP contribution in [0.5, 0.6) is 0 Å². The third kappa shape index (κ3) is 2.55. The largest absolute Gasteiger partial charge is 0.381 e. The molecule has 1 N–H and O–H groups in total. The zero-order valence-corrected chi connectivity index (χ0v) is 12.9. The number of rotatable bonds is 3. The molecule has 5 nitrogen and oxygen atoms in total. The molecule has 0 radical (unpaired) electrons. The Balaban J connectivity index is 2.25. The quantitative estimate of drug-likeness (QED) is 0.852. The summed E-state index contributed by atoms with van der Waals surface area (Å²) < 4.78 is 5.46. The van der Waals surface area contributed by atoms with E-state index in [2.05, 4.69) is 5.32 Å². The number of hydrogen-bond donors (Lipinski definition) is 1. The van der Waals surface area contributed by atoms with Gasteiger partial charge in [0.2, 0.25) is 11.8 Å². The maximum absolute atomic E-state index is 12.7. The Morgan fingerprint density at radius 3 is 2.65 bits per heavy atom. The second-order valence-corrected chi connectivity index (χ2v) is 6.38. The van der Waals surface area contributed by atoms with Gasteiger partial charge in [-0.1, -0.05) is 6.92 Å². The Morgan fingerprint density at radius 2 is 2.05 bits per heavy atom. The SMILES string of the molecule is CCC1NC(=O)C(C)(C)N(C2CCCC(OC)C2)C1=O. The molecule has 2 fully saturated rings. The van der Waals surface area contributed by atoms with Gasteiger partial charge < -0.3 is 15.0 Å². The maximum Gasteiger partial charge on any atom is 0.246 e. The van der Waals surface area contributed by atoms with Crippen LogP contribution in [0, 0.1) is 0 Å². The van der Waals surface area contributed by atoms with Crippen LogP contribution in [0.4, 0.5) is 0 Å². The summed E-state index contributed by atoms with van der Waals surface area (Å²) in [7, 11) is 1.72. The van der Waals surface area contributed by atoms with Crippen molar-refractivity contribution in [3.63, 3.8) is 0 Å². The molecule has 2 aliphatic rings. The van der Waals surface area contributed by atoms with Crippen molar-refractivity contribution in [3.8, 4) is 0 Å². The van der Waals surface area contributed by atoms with Crippen LogP contribution in [0.1, 0.15) is 52.9 Å².